The summed E-state index contributed by atoms with van der Waals surface area (Å²) in [4.78, 5) is 10.1. The number of halogens is 2. The fourth-order valence-corrected chi connectivity index (χ4v) is 1.18. The van der Waals surface area contributed by atoms with Crippen molar-refractivity contribution in [2.75, 3.05) is 6.61 Å². The number of ether oxygens (including phenoxy) is 1. The third kappa shape index (κ3) is 3.33. The van der Waals surface area contributed by atoms with Crippen LogP contribution in [0.15, 0.2) is 28.7 Å². The fraction of sp³-hybridized carbons (Fsp3) is 0.222. The van der Waals surface area contributed by atoms with E-state index in [4.69, 9.17) is 9.84 Å². The topological polar surface area (TPSA) is 46.5 Å². The van der Waals surface area contributed by atoms with E-state index in [9.17, 15) is 9.18 Å². The van der Waals surface area contributed by atoms with Gasteiger partial charge in [-0.1, -0.05) is 22.0 Å². The van der Waals surface area contributed by atoms with E-state index in [2.05, 4.69) is 15.9 Å². The Balaban J connectivity index is 2.49. The molecule has 0 bridgehead atoms. The number of carboxylic acid groups (broad SMARTS) is 1. The highest BCUT2D eigenvalue weighted by atomic mass is 79.9. The standard InChI is InChI=1S/C9H8BrFO3/c10-6-2-1-3-7(4-6)14-5-8(11)9(12)13/h1-4,8H,5H2,(H,12,13). The fourth-order valence-electron chi connectivity index (χ4n) is 0.797. The van der Waals surface area contributed by atoms with Crippen LogP contribution in [0.25, 0.3) is 0 Å². The molecule has 76 valence electrons. The highest BCUT2D eigenvalue weighted by Crippen LogP contribution is 2.17. The van der Waals surface area contributed by atoms with E-state index < -0.39 is 18.7 Å². The largest absolute Gasteiger partial charge is 0.490 e. The van der Waals surface area contributed by atoms with Crippen LogP contribution < -0.4 is 4.74 Å². The molecule has 0 heterocycles. The number of carboxylic acids is 1. The van der Waals surface area contributed by atoms with Crippen LogP contribution >= 0.6 is 15.9 Å². The van der Waals surface area contributed by atoms with Crippen LogP contribution in [0.3, 0.4) is 0 Å². The molecule has 1 aromatic rings. The number of alkyl halides is 1. The molecule has 1 N–H and O–H groups in total. The van der Waals surface area contributed by atoms with Gasteiger partial charge in [-0.3, -0.25) is 0 Å². The summed E-state index contributed by atoms with van der Waals surface area (Å²) in [7, 11) is 0. The summed E-state index contributed by atoms with van der Waals surface area (Å²) in [5, 5.41) is 8.25. The Morgan fingerprint density at radius 3 is 2.93 bits per heavy atom. The smallest absolute Gasteiger partial charge is 0.341 e. The van der Waals surface area contributed by atoms with Crippen LogP contribution in [-0.2, 0) is 4.79 Å². The maximum atomic E-state index is 12.6. The van der Waals surface area contributed by atoms with Gasteiger partial charge >= 0.3 is 5.97 Å². The van der Waals surface area contributed by atoms with Gasteiger partial charge in [0.15, 0.2) is 0 Å². The zero-order valence-electron chi connectivity index (χ0n) is 7.11. The second-order valence-corrected chi connectivity index (χ2v) is 3.49. The molecule has 1 unspecified atom stereocenters. The monoisotopic (exact) mass is 262 g/mol. The molecule has 0 aliphatic rings. The molecule has 0 saturated heterocycles. The van der Waals surface area contributed by atoms with Gasteiger partial charge in [-0.05, 0) is 18.2 Å². The normalized spacial score (nSPS) is 12.1. The summed E-state index contributed by atoms with van der Waals surface area (Å²) in [5.41, 5.74) is 0. The Kier molecular flexibility index (Phi) is 3.88. The maximum Gasteiger partial charge on any atom is 0.341 e. The molecule has 0 amide bonds. The van der Waals surface area contributed by atoms with Gasteiger partial charge in [-0.25, -0.2) is 9.18 Å². The average molecular weight is 263 g/mol. The van der Waals surface area contributed by atoms with Gasteiger partial charge in [0.25, 0.3) is 0 Å². The number of carbonyl (C=O) groups is 1. The molecule has 0 spiro atoms. The molecular formula is C9H8BrFO3. The summed E-state index contributed by atoms with van der Waals surface area (Å²) in [6, 6.07) is 6.76. The number of benzene rings is 1. The number of rotatable bonds is 4. The van der Waals surface area contributed by atoms with Crippen molar-refractivity contribution in [1.29, 1.82) is 0 Å². The lowest BCUT2D eigenvalue weighted by Crippen LogP contribution is -2.22. The van der Waals surface area contributed by atoms with Gasteiger partial charge < -0.3 is 9.84 Å². The van der Waals surface area contributed by atoms with Gasteiger partial charge in [0.2, 0.25) is 6.17 Å². The first kappa shape index (κ1) is 11.0. The number of aliphatic carboxylic acids is 1. The molecule has 0 radical (unpaired) electrons. The quantitative estimate of drug-likeness (QED) is 0.906. The van der Waals surface area contributed by atoms with Gasteiger partial charge in [0.05, 0.1) is 0 Å². The predicted molar refractivity (Wildman–Crippen MR) is 52.2 cm³/mol. The van der Waals surface area contributed by atoms with Crippen LogP contribution in [0, 0.1) is 0 Å². The van der Waals surface area contributed by atoms with E-state index in [1.54, 1.807) is 24.3 Å². The Labute approximate surface area is 88.6 Å². The number of hydrogen-bond donors (Lipinski definition) is 1. The van der Waals surface area contributed by atoms with Crippen LogP contribution in [-0.4, -0.2) is 23.9 Å². The first-order valence-electron chi connectivity index (χ1n) is 3.85. The lowest BCUT2D eigenvalue weighted by Gasteiger charge is -2.06. The van der Waals surface area contributed by atoms with Crippen LogP contribution in [0.5, 0.6) is 5.75 Å². The summed E-state index contributed by atoms with van der Waals surface area (Å²) in [6.07, 6.45) is -1.99. The highest BCUT2D eigenvalue weighted by molar-refractivity contribution is 9.10. The molecule has 5 heteroatoms. The summed E-state index contributed by atoms with van der Waals surface area (Å²) >= 11 is 3.21. The van der Waals surface area contributed by atoms with Crippen molar-refractivity contribution in [2.45, 2.75) is 6.17 Å². The molecule has 1 rings (SSSR count). The van der Waals surface area contributed by atoms with Crippen LogP contribution in [0.2, 0.25) is 0 Å². The molecule has 0 fully saturated rings. The first-order chi connectivity index (χ1) is 6.59. The molecule has 1 aromatic carbocycles. The van der Waals surface area contributed by atoms with Crippen molar-refractivity contribution in [2.24, 2.45) is 0 Å². The van der Waals surface area contributed by atoms with Crippen LogP contribution in [0.4, 0.5) is 4.39 Å². The zero-order valence-corrected chi connectivity index (χ0v) is 8.70. The third-order valence-corrected chi connectivity index (χ3v) is 1.95. The van der Waals surface area contributed by atoms with Crippen molar-refractivity contribution in [3.05, 3.63) is 28.7 Å². The van der Waals surface area contributed by atoms with E-state index in [0.29, 0.717) is 5.75 Å². The Bertz CT molecular complexity index is 330. The molecular weight excluding hydrogens is 255 g/mol. The Morgan fingerprint density at radius 2 is 2.36 bits per heavy atom. The minimum atomic E-state index is -1.99. The molecule has 0 aliphatic carbocycles. The highest BCUT2D eigenvalue weighted by Gasteiger charge is 2.16. The van der Waals surface area contributed by atoms with Crippen molar-refractivity contribution in [3.8, 4) is 5.75 Å². The van der Waals surface area contributed by atoms with Gasteiger partial charge in [-0.15, -0.1) is 0 Å². The molecule has 0 aliphatic heterocycles. The van der Waals surface area contributed by atoms with E-state index in [1.807, 2.05) is 0 Å². The molecule has 1 atom stereocenters. The zero-order chi connectivity index (χ0) is 10.6. The van der Waals surface area contributed by atoms with E-state index in [0.717, 1.165) is 4.47 Å². The first-order valence-corrected chi connectivity index (χ1v) is 4.64. The SMILES string of the molecule is O=C(O)C(F)COc1cccc(Br)c1. The van der Waals surface area contributed by atoms with Crippen molar-refractivity contribution in [1.82, 2.24) is 0 Å². The summed E-state index contributed by atoms with van der Waals surface area (Å²) in [5.74, 6) is -1.08. The lowest BCUT2D eigenvalue weighted by atomic mass is 10.3. The minimum Gasteiger partial charge on any atom is -0.490 e. The van der Waals surface area contributed by atoms with Gasteiger partial charge in [0, 0.05) is 4.47 Å². The second kappa shape index (κ2) is 4.95. The maximum absolute atomic E-state index is 12.6. The van der Waals surface area contributed by atoms with Gasteiger partial charge in [-0.2, -0.15) is 0 Å². The van der Waals surface area contributed by atoms with E-state index in [1.165, 1.54) is 0 Å². The van der Waals surface area contributed by atoms with Crippen LogP contribution in [0.1, 0.15) is 0 Å². The van der Waals surface area contributed by atoms with Crippen molar-refractivity contribution >= 4 is 21.9 Å². The van der Waals surface area contributed by atoms with E-state index >= 15 is 0 Å². The molecule has 0 aromatic heterocycles. The molecule has 3 nitrogen and oxygen atoms in total. The van der Waals surface area contributed by atoms with Crippen molar-refractivity contribution in [3.63, 3.8) is 0 Å². The molecule has 14 heavy (non-hydrogen) atoms. The second-order valence-electron chi connectivity index (χ2n) is 2.57. The predicted octanol–water partition coefficient (Wildman–Crippen LogP) is 2.25. The number of hydrogen-bond acceptors (Lipinski definition) is 2. The Morgan fingerprint density at radius 1 is 1.64 bits per heavy atom. The van der Waals surface area contributed by atoms with Crippen molar-refractivity contribution < 1.29 is 19.0 Å². The lowest BCUT2D eigenvalue weighted by molar-refractivity contribution is -0.143. The van der Waals surface area contributed by atoms with Gasteiger partial charge in [0.1, 0.15) is 12.4 Å². The molecule has 0 saturated carbocycles. The third-order valence-electron chi connectivity index (χ3n) is 1.46. The Hall–Kier alpha value is -1.10. The minimum absolute atomic E-state index is 0.434. The summed E-state index contributed by atoms with van der Waals surface area (Å²) in [6.45, 7) is -0.480. The average Bonchev–Trinajstić information content (AvgIpc) is 2.14. The summed E-state index contributed by atoms with van der Waals surface area (Å²) < 4.78 is 18.3. The van der Waals surface area contributed by atoms with E-state index in [-0.39, 0.29) is 0 Å².